The highest BCUT2D eigenvalue weighted by molar-refractivity contribution is 5.95. The highest BCUT2D eigenvalue weighted by Crippen LogP contribution is 2.18. The molecule has 0 spiro atoms. The van der Waals surface area contributed by atoms with Crippen LogP contribution in [-0.4, -0.2) is 43.5 Å². The molecule has 2 aromatic carbocycles. The topological polar surface area (TPSA) is 44.4 Å². The normalized spacial score (nSPS) is 16.2. The molecule has 1 saturated heterocycles. The van der Waals surface area contributed by atoms with Crippen molar-refractivity contribution in [2.24, 2.45) is 0 Å². The Morgan fingerprint density at radius 3 is 2.65 bits per heavy atom. The molecule has 0 radical (unpaired) electrons. The van der Waals surface area contributed by atoms with Gasteiger partial charge < -0.3 is 10.6 Å². The second-order valence-electron chi connectivity index (χ2n) is 5.14. The van der Waals surface area contributed by atoms with Crippen molar-refractivity contribution in [2.45, 2.75) is 0 Å². The van der Waals surface area contributed by atoms with Gasteiger partial charge in [-0.15, -0.1) is 0 Å². The number of hydrogen-bond donors (Lipinski definition) is 2. The van der Waals surface area contributed by atoms with E-state index >= 15 is 0 Å². The average molecular weight is 269 g/mol. The fourth-order valence-electron chi connectivity index (χ4n) is 2.54. The van der Waals surface area contributed by atoms with Crippen molar-refractivity contribution in [1.29, 1.82) is 0 Å². The Bertz CT molecular complexity index is 605. The van der Waals surface area contributed by atoms with E-state index in [2.05, 4.69) is 27.7 Å². The third-order valence-electron chi connectivity index (χ3n) is 3.61. The molecule has 1 heterocycles. The highest BCUT2D eigenvalue weighted by atomic mass is 16.2. The Balaban J connectivity index is 1.64. The van der Waals surface area contributed by atoms with E-state index in [0.29, 0.717) is 6.54 Å². The minimum atomic E-state index is 0.0576. The first-order valence-electron chi connectivity index (χ1n) is 7.03. The minimum Gasteiger partial charge on any atom is -0.325 e. The van der Waals surface area contributed by atoms with E-state index in [1.54, 1.807) is 0 Å². The lowest BCUT2D eigenvalue weighted by Gasteiger charge is -2.26. The summed E-state index contributed by atoms with van der Waals surface area (Å²) in [6, 6.07) is 14.2. The first-order chi connectivity index (χ1) is 9.81. The van der Waals surface area contributed by atoms with Crippen LogP contribution in [0.15, 0.2) is 42.5 Å². The van der Waals surface area contributed by atoms with E-state index in [0.717, 1.165) is 37.3 Å². The zero-order valence-electron chi connectivity index (χ0n) is 11.4. The molecule has 0 saturated carbocycles. The Morgan fingerprint density at radius 1 is 1.10 bits per heavy atom. The van der Waals surface area contributed by atoms with Crippen LogP contribution in [0.4, 0.5) is 5.69 Å². The second kappa shape index (κ2) is 6.03. The molecule has 1 amide bonds. The molecule has 0 atom stereocenters. The summed E-state index contributed by atoms with van der Waals surface area (Å²) in [6.45, 7) is 4.26. The van der Waals surface area contributed by atoms with Crippen molar-refractivity contribution in [3.8, 4) is 0 Å². The van der Waals surface area contributed by atoms with Gasteiger partial charge in [0.1, 0.15) is 0 Å². The van der Waals surface area contributed by atoms with Crippen LogP contribution in [0, 0.1) is 0 Å². The van der Waals surface area contributed by atoms with Crippen molar-refractivity contribution < 1.29 is 4.79 Å². The Labute approximate surface area is 118 Å². The van der Waals surface area contributed by atoms with E-state index < -0.39 is 0 Å². The molecular formula is C16H19N3O. The van der Waals surface area contributed by atoms with Gasteiger partial charge in [0, 0.05) is 31.9 Å². The molecule has 2 aromatic rings. The summed E-state index contributed by atoms with van der Waals surface area (Å²) in [5.74, 6) is 0.0576. The number of piperazine rings is 1. The molecule has 3 rings (SSSR count). The molecule has 1 fully saturated rings. The number of rotatable bonds is 3. The van der Waals surface area contributed by atoms with Gasteiger partial charge in [-0.3, -0.25) is 9.69 Å². The standard InChI is InChI=1S/C16H19N3O/c20-16(12-19-9-7-17-8-10-19)18-15-6-5-13-3-1-2-4-14(13)11-15/h1-6,11,17H,7-10,12H2,(H,18,20). The van der Waals surface area contributed by atoms with Crippen molar-refractivity contribution in [3.05, 3.63) is 42.5 Å². The van der Waals surface area contributed by atoms with Crippen LogP contribution in [0.25, 0.3) is 10.8 Å². The molecule has 0 bridgehead atoms. The van der Waals surface area contributed by atoms with Gasteiger partial charge in [0.2, 0.25) is 5.91 Å². The monoisotopic (exact) mass is 269 g/mol. The lowest BCUT2D eigenvalue weighted by Crippen LogP contribution is -2.46. The molecule has 0 aromatic heterocycles. The molecule has 104 valence electrons. The number of benzene rings is 2. The molecule has 0 aliphatic carbocycles. The number of anilines is 1. The first kappa shape index (κ1) is 13.1. The Hall–Kier alpha value is -1.91. The summed E-state index contributed by atoms with van der Waals surface area (Å²) >= 11 is 0. The number of nitrogens with zero attached hydrogens (tertiary/aromatic N) is 1. The summed E-state index contributed by atoms with van der Waals surface area (Å²) in [5, 5.41) is 8.60. The predicted octanol–water partition coefficient (Wildman–Crippen LogP) is 1.68. The fourth-order valence-corrected chi connectivity index (χ4v) is 2.54. The summed E-state index contributed by atoms with van der Waals surface area (Å²) in [6.07, 6.45) is 0. The van der Waals surface area contributed by atoms with Crippen LogP contribution in [0.5, 0.6) is 0 Å². The maximum absolute atomic E-state index is 12.0. The van der Waals surface area contributed by atoms with E-state index in [1.807, 2.05) is 30.3 Å². The van der Waals surface area contributed by atoms with E-state index in [-0.39, 0.29) is 5.91 Å². The maximum atomic E-state index is 12.0. The summed E-state index contributed by atoms with van der Waals surface area (Å²) in [4.78, 5) is 14.2. The van der Waals surface area contributed by atoms with Crippen LogP contribution >= 0.6 is 0 Å². The third-order valence-corrected chi connectivity index (χ3v) is 3.61. The van der Waals surface area contributed by atoms with Gasteiger partial charge in [0.25, 0.3) is 0 Å². The lowest BCUT2D eigenvalue weighted by atomic mass is 10.1. The predicted molar refractivity (Wildman–Crippen MR) is 81.9 cm³/mol. The molecule has 4 heteroatoms. The third kappa shape index (κ3) is 3.15. The molecule has 0 unspecified atom stereocenters. The van der Waals surface area contributed by atoms with Crippen molar-refractivity contribution in [1.82, 2.24) is 10.2 Å². The highest BCUT2D eigenvalue weighted by Gasteiger charge is 2.13. The van der Waals surface area contributed by atoms with Gasteiger partial charge in [-0.2, -0.15) is 0 Å². The largest absolute Gasteiger partial charge is 0.325 e. The van der Waals surface area contributed by atoms with Gasteiger partial charge in [-0.05, 0) is 22.9 Å². The van der Waals surface area contributed by atoms with Crippen molar-refractivity contribution in [3.63, 3.8) is 0 Å². The van der Waals surface area contributed by atoms with E-state index in [4.69, 9.17) is 0 Å². The van der Waals surface area contributed by atoms with Crippen LogP contribution in [0.1, 0.15) is 0 Å². The molecule has 20 heavy (non-hydrogen) atoms. The molecule has 1 aliphatic heterocycles. The molecule has 4 nitrogen and oxygen atoms in total. The molecule has 2 N–H and O–H groups in total. The van der Waals surface area contributed by atoms with Gasteiger partial charge in [0.05, 0.1) is 6.54 Å². The van der Waals surface area contributed by atoms with Crippen molar-refractivity contribution >= 4 is 22.4 Å². The zero-order valence-corrected chi connectivity index (χ0v) is 11.4. The summed E-state index contributed by atoms with van der Waals surface area (Å²) < 4.78 is 0. The van der Waals surface area contributed by atoms with Gasteiger partial charge >= 0.3 is 0 Å². The number of carbonyl (C=O) groups excluding carboxylic acids is 1. The molecular weight excluding hydrogens is 250 g/mol. The number of amides is 1. The maximum Gasteiger partial charge on any atom is 0.238 e. The minimum absolute atomic E-state index is 0.0576. The average Bonchev–Trinajstić information content (AvgIpc) is 2.48. The van der Waals surface area contributed by atoms with E-state index in [9.17, 15) is 4.79 Å². The quantitative estimate of drug-likeness (QED) is 0.891. The molecule has 1 aliphatic rings. The number of hydrogen-bond acceptors (Lipinski definition) is 3. The van der Waals surface area contributed by atoms with Gasteiger partial charge in [-0.25, -0.2) is 0 Å². The fraction of sp³-hybridized carbons (Fsp3) is 0.312. The number of nitrogens with one attached hydrogen (secondary N) is 2. The van der Waals surface area contributed by atoms with Gasteiger partial charge in [0.15, 0.2) is 0 Å². The van der Waals surface area contributed by atoms with Crippen LogP contribution in [0.2, 0.25) is 0 Å². The van der Waals surface area contributed by atoms with Crippen LogP contribution in [0.3, 0.4) is 0 Å². The van der Waals surface area contributed by atoms with Crippen LogP contribution in [-0.2, 0) is 4.79 Å². The van der Waals surface area contributed by atoms with Gasteiger partial charge in [-0.1, -0.05) is 30.3 Å². The zero-order chi connectivity index (χ0) is 13.8. The Kier molecular flexibility index (Phi) is 3.95. The smallest absolute Gasteiger partial charge is 0.238 e. The lowest BCUT2D eigenvalue weighted by molar-refractivity contribution is -0.117. The van der Waals surface area contributed by atoms with Crippen LogP contribution < -0.4 is 10.6 Å². The van der Waals surface area contributed by atoms with Crippen molar-refractivity contribution in [2.75, 3.05) is 38.0 Å². The van der Waals surface area contributed by atoms with E-state index in [1.165, 1.54) is 5.39 Å². The Morgan fingerprint density at radius 2 is 1.85 bits per heavy atom. The number of carbonyl (C=O) groups is 1. The SMILES string of the molecule is O=C(CN1CCNCC1)Nc1ccc2ccccc2c1. The summed E-state index contributed by atoms with van der Waals surface area (Å²) in [5.41, 5.74) is 0.865. The second-order valence-corrected chi connectivity index (χ2v) is 5.14. The summed E-state index contributed by atoms with van der Waals surface area (Å²) in [7, 11) is 0. The number of fused-ring (bicyclic) bond motifs is 1. The first-order valence-corrected chi connectivity index (χ1v) is 7.03.